The predicted molar refractivity (Wildman–Crippen MR) is 82.8 cm³/mol. The van der Waals surface area contributed by atoms with Crippen molar-refractivity contribution in [3.63, 3.8) is 0 Å². The smallest absolute Gasteiger partial charge is 0.407 e. The Kier molecular flexibility index (Phi) is 4.41. The first-order valence-corrected chi connectivity index (χ1v) is 8.00. The highest BCUT2D eigenvalue weighted by Crippen LogP contribution is 2.36. The van der Waals surface area contributed by atoms with Gasteiger partial charge in [-0.05, 0) is 49.8 Å². The zero-order valence-corrected chi connectivity index (χ0v) is 13.0. The lowest BCUT2D eigenvalue weighted by Crippen LogP contribution is -2.26. The van der Waals surface area contributed by atoms with Crippen molar-refractivity contribution >= 4 is 6.09 Å². The fourth-order valence-corrected chi connectivity index (χ4v) is 3.43. The van der Waals surface area contributed by atoms with Crippen LogP contribution in [0.15, 0.2) is 18.2 Å². The van der Waals surface area contributed by atoms with Gasteiger partial charge in [-0.15, -0.1) is 0 Å². The molecule has 2 aliphatic rings. The van der Waals surface area contributed by atoms with Crippen molar-refractivity contribution < 1.29 is 19.4 Å². The molecule has 120 valence electrons. The van der Waals surface area contributed by atoms with E-state index in [-0.39, 0.29) is 12.0 Å². The van der Waals surface area contributed by atoms with E-state index in [0.29, 0.717) is 13.1 Å². The predicted octanol–water partition coefficient (Wildman–Crippen LogP) is 3.48. The van der Waals surface area contributed by atoms with Gasteiger partial charge in [0.2, 0.25) is 0 Å². The van der Waals surface area contributed by atoms with Crippen molar-refractivity contribution in [1.82, 2.24) is 4.90 Å². The quantitative estimate of drug-likeness (QED) is 0.925. The summed E-state index contributed by atoms with van der Waals surface area (Å²) in [7, 11) is 1.65. The molecular weight excluding hydrogens is 282 g/mol. The lowest BCUT2D eigenvalue weighted by molar-refractivity contribution is 0.155. The second-order valence-corrected chi connectivity index (χ2v) is 6.15. The topological polar surface area (TPSA) is 59.0 Å². The Morgan fingerprint density at radius 3 is 2.64 bits per heavy atom. The summed E-state index contributed by atoms with van der Waals surface area (Å²) in [6.07, 6.45) is 4.96. The maximum Gasteiger partial charge on any atom is 0.407 e. The molecule has 1 aliphatic carbocycles. The number of benzene rings is 1. The van der Waals surface area contributed by atoms with E-state index in [0.717, 1.165) is 36.3 Å². The van der Waals surface area contributed by atoms with Gasteiger partial charge in [0, 0.05) is 19.0 Å². The van der Waals surface area contributed by atoms with Crippen LogP contribution in [0.25, 0.3) is 0 Å². The molecule has 0 radical (unpaired) electrons. The van der Waals surface area contributed by atoms with Crippen LogP contribution in [0, 0.1) is 0 Å². The molecule has 3 rings (SSSR count). The van der Waals surface area contributed by atoms with Crippen molar-refractivity contribution in [3.05, 3.63) is 23.8 Å². The first-order chi connectivity index (χ1) is 10.7. The molecule has 1 saturated heterocycles. The zero-order valence-electron chi connectivity index (χ0n) is 13.0. The van der Waals surface area contributed by atoms with Crippen LogP contribution in [0.4, 0.5) is 4.79 Å². The second kappa shape index (κ2) is 6.46. The average Bonchev–Trinajstić information content (AvgIpc) is 3.18. The number of nitrogens with zero attached hydrogens (tertiary/aromatic N) is 1. The molecule has 1 amide bonds. The second-order valence-electron chi connectivity index (χ2n) is 6.15. The maximum absolute atomic E-state index is 11.1. The third-order valence-electron chi connectivity index (χ3n) is 4.71. The van der Waals surface area contributed by atoms with E-state index in [2.05, 4.69) is 0 Å². The van der Waals surface area contributed by atoms with Crippen molar-refractivity contribution in [3.8, 4) is 11.5 Å². The van der Waals surface area contributed by atoms with Gasteiger partial charge in [0.1, 0.15) is 0 Å². The number of methoxy groups -OCH3 is 1. The van der Waals surface area contributed by atoms with Crippen molar-refractivity contribution in [1.29, 1.82) is 0 Å². The first kappa shape index (κ1) is 15.0. The largest absolute Gasteiger partial charge is 0.493 e. The summed E-state index contributed by atoms with van der Waals surface area (Å²) in [6, 6.07) is 5.99. The molecule has 22 heavy (non-hydrogen) atoms. The van der Waals surface area contributed by atoms with Crippen LogP contribution in [0.2, 0.25) is 0 Å². The molecule has 1 aromatic carbocycles. The summed E-state index contributed by atoms with van der Waals surface area (Å²) in [4.78, 5) is 12.5. The molecule has 0 bridgehead atoms. The molecular formula is C17H23NO4. The van der Waals surface area contributed by atoms with E-state index >= 15 is 0 Å². The Morgan fingerprint density at radius 1 is 1.23 bits per heavy atom. The summed E-state index contributed by atoms with van der Waals surface area (Å²) in [5.74, 6) is 1.79. The van der Waals surface area contributed by atoms with Gasteiger partial charge in [-0.1, -0.05) is 6.07 Å². The summed E-state index contributed by atoms with van der Waals surface area (Å²) < 4.78 is 11.5. The normalized spacial score (nSPS) is 22.0. The fraction of sp³-hybridized carbons (Fsp3) is 0.588. The van der Waals surface area contributed by atoms with Crippen LogP contribution in [0.1, 0.15) is 43.6 Å². The van der Waals surface area contributed by atoms with Crippen LogP contribution in [-0.4, -0.2) is 42.4 Å². The van der Waals surface area contributed by atoms with E-state index < -0.39 is 6.09 Å². The van der Waals surface area contributed by atoms with Crippen LogP contribution >= 0.6 is 0 Å². The molecule has 1 aliphatic heterocycles. The van der Waals surface area contributed by atoms with Crippen LogP contribution in [-0.2, 0) is 0 Å². The van der Waals surface area contributed by atoms with Gasteiger partial charge < -0.3 is 19.5 Å². The number of hydrogen-bond acceptors (Lipinski definition) is 3. The summed E-state index contributed by atoms with van der Waals surface area (Å²) in [6.45, 7) is 1.16. The Labute approximate surface area is 130 Å². The van der Waals surface area contributed by atoms with Crippen LogP contribution in [0.3, 0.4) is 0 Å². The monoisotopic (exact) mass is 305 g/mol. The average molecular weight is 305 g/mol. The van der Waals surface area contributed by atoms with Gasteiger partial charge in [0.25, 0.3) is 0 Å². The standard InChI is InChI=1S/C17H23NO4/c1-21-15-7-6-12(13-8-9-18(11-13)17(19)20)10-16(15)22-14-4-2-3-5-14/h6-7,10,13-14H,2-5,8-9,11H2,1H3,(H,19,20). The number of amides is 1. The van der Waals surface area contributed by atoms with Crippen molar-refractivity contribution in [2.24, 2.45) is 0 Å². The zero-order chi connectivity index (χ0) is 15.5. The van der Waals surface area contributed by atoms with Gasteiger partial charge >= 0.3 is 6.09 Å². The fourth-order valence-electron chi connectivity index (χ4n) is 3.43. The molecule has 0 spiro atoms. The van der Waals surface area contributed by atoms with Gasteiger partial charge in [-0.2, -0.15) is 0 Å². The third-order valence-corrected chi connectivity index (χ3v) is 4.71. The molecule has 0 aromatic heterocycles. The Balaban J connectivity index is 1.76. The molecule has 1 heterocycles. The third kappa shape index (κ3) is 3.13. The first-order valence-electron chi connectivity index (χ1n) is 8.00. The molecule has 5 nitrogen and oxygen atoms in total. The lowest BCUT2D eigenvalue weighted by atomic mass is 9.98. The minimum absolute atomic E-state index is 0.243. The number of likely N-dealkylation sites (tertiary alicyclic amines) is 1. The van der Waals surface area contributed by atoms with E-state index in [1.165, 1.54) is 17.7 Å². The molecule has 1 aromatic rings. The molecule has 5 heteroatoms. The highest BCUT2D eigenvalue weighted by atomic mass is 16.5. The Morgan fingerprint density at radius 2 is 2.00 bits per heavy atom. The van der Waals surface area contributed by atoms with Gasteiger partial charge in [-0.25, -0.2) is 4.79 Å². The number of hydrogen-bond donors (Lipinski definition) is 1. The maximum atomic E-state index is 11.1. The van der Waals surface area contributed by atoms with Crippen LogP contribution in [0.5, 0.6) is 11.5 Å². The molecule has 1 saturated carbocycles. The number of rotatable bonds is 4. The van der Waals surface area contributed by atoms with E-state index in [1.54, 1.807) is 7.11 Å². The van der Waals surface area contributed by atoms with Crippen LogP contribution < -0.4 is 9.47 Å². The van der Waals surface area contributed by atoms with E-state index in [1.807, 2.05) is 18.2 Å². The molecule has 1 atom stereocenters. The molecule has 2 fully saturated rings. The minimum Gasteiger partial charge on any atom is -0.493 e. The summed E-state index contributed by atoms with van der Waals surface area (Å²) in [5, 5.41) is 9.09. The van der Waals surface area contributed by atoms with Gasteiger partial charge in [0.05, 0.1) is 13.2 Å². The van der Waals surface area contributed by atoms with Crippen molar-refractivity contribution in [2.45, 2.75) is 44.1 Å². The van der Waals surface area contributed by atoms with Crippen molar-refractivity contribution in [2.75, 3.05) is 20.2 Å². The highest BCUT2D eigenvalue weighted by molar-refractivity contribution is 5.65. The number of ether oxygens (including phenoxy) is 2. The number of carboxylic acid groups (broad SMARTS) is 1. The number of carbonyl (C=O) groups is 1. The highest BCUT2D eigenvalue weighted by Gasteiger charge is 2.28. The Hall–Kier alpha value is -1.91. The lowest BCUT2D eigenvalue weighted by Gasteiger charge is -2.18. The SMILES string of the molecule is COc1ccc(C2CCN(C(=O)O)C2)cc1OC1CCCC1. The molecule has 1 N–H and O–H groups in total. The van der Waals surface area contributed by atoms with Gasteiger partial charge in [-0.3, -0.25) is 0 Å². The van der Waals surface area contributed by atoms with E-state index in [9.17, 15) is 4.79 Å². The molecule has 1 unspecified atom stereocenters. The summed E-state index contributed by atoms with van der Waals surface area (Å²) >= 11 is 0. The summed E-state index contributed by atoms with van der Waals surface area (Å²) in [5.41, 5.74) is 1.14. The minimum atomic E-state index is -0.835. The van der Waals surface area contributed by atoms with E-state index in [4.69, 9.17) is 14.6 Å². The van der Waals surface area contributed by atoms with Gasteiger partial charge in [0.15, 0.2) is 11.5 Å². The Bertz CT molecular complexity index is 539.